The van der Waals surface area contributed by atoms with E-state index in [9.17, 15) is 23.3 Å². The van der Waals surface area contributed by atoms with E-state index in [4.69, 9.17) is 0 Å². The minimum Gasteiger partial charge on any atom is -0.258 e. The number of nitro groups is 1. The minimum absolute atomic E-state index is 0.166. The number of alkyl halides is 3. The lowest BCUT2D eigenvalue weighted by Gasteiger charge is -2.04. The third kappa shape index (κ3) is 2.44. The van der Waals surface area contributed by atoms with Crippen molar-refractivity contribution in [3.05, 3.63) is 33.4 Å². The Morgan fingerprint density at radius 3 is 2.60 bits per heavy atom. The molecule has 0 N–H and O–H groups in total. The second-order valence-corrected chi connectivity index (χ2v) is 3.08. The number of rotatable bonds is 3. The maximum Gasteiger partial charge on any atom is 0.300 e. The van der Waals surface area contributed by atoms with Crippen LogP contribution in [0.1, 0.15) is 17.7 Å². The van der Waals surface area contributed by atoms with Crippen LogP contribution >= 0.6 is 15.9 Å². The Hall–Kier alpha value is -1.18. The Kier molecular flexibility index (Phi) is 3.61. The van der Waals surface area contributed by atoms with Gasteiger partial charge in [0.15, 0.2) is 0 Å². The predicted molar refractivity (Wildman–Crippen MR) is 48.4 cm³/mol. The average molecular weight is 285 g/mol. The smallest absolute Gasteiger partial charge is 0.258 e. The zero-order valence-electron chi connectivity index (χ0n) is 7.08. The summed E-state index contributed by atoms with van der Waals surface area (Å²) in [7, 11) is 0. The van der Waals surface area contributed by atoms with Crippen LogP contribution in [0.4, 0.5) is 18.9 Å². The number of pyridine rings is 1. The highest BCUT2D eigenvalue weighted by atomic mass is 79.9. The number of aromatic nitrogens is 1. The zero-order chi connectivity index (χ0) is 11.6. The van der Waals surface area contributed by atoms with Gasteiger partial charge in [-0.3, -0.25) is 10.1 Å². The maximum atomic E-state index is 12.7. The molecular weight excluding hydrogens is 281 g/mol. The first-order valence-electron chi connectivity index (χ1n) is 3.65. The first-order valence-corrected chi connectivity index (χ1v) is 4.77. The van der Waals surface area contributed by atoms with Crippen LogP contribution in [0.15, 0.2) is 6.07 Å². The average Bonchev–Trinajstić information content (AvgIpc) is 2.15. The van der Waals surface area contributed by atoms with Gasteiger partial charge in [0.05, 0.1) is 10.3 Å². The fourth-order valence-electron chi connectivity index (χ4n) is 1.05. The van der Waals surface area contributed by atoms with E-state index in [1.54, 1.807) is 0 Å². The van der Waals surface area contributed by atoms with Gasteiger partial charge in [0.1, 0.15) is 11.3 Å². The number of nitrogens with zero attached hydrogens (tertiary/aromatic N) is 2. The summed E-state index contributed by atoms with van der Waals surface area (Å²) in [5, 5.41) is 10.3. The fraction of sp³-hybridized carbons (Fsp3) is 0.286. The second kappa shape index (κ2) is 4.56. The Balaban J connectivity index is 3.47. The second-order valence-electron chi connectivity index (χ2n) is 2.52. The molecule has 15 heavy (non-hydrogen) atoms. The van der Waals surface area contributed by atoms with Crippen molar-refractivity contribution >= 4 is 21.6 Å². The Labute approximate surface area is 90.4 Å². The summed E-state index contributed by atoms with van der Waals surface area (Å²) >= 11 is 2.82. The molecule has 0 amide bonds. The van der Waals surface area contributed by atoms with Crippen LogP contribution in [0.3, 0.4) is 0 Å². The molecule has 1 heterocycles. The van der Waals surface area contributed by atoms with Crippen LogP contribution in [-0.2, 0) is 5.33 Å². The molecule has 0 atom stereocenters. The van der Waals surface area contributed by atoms with E-state index in [-0.39, 0.29) is 11.0 Å². The zero-order valence-corrected chi connectivity index (χ0v) is 8.67. The molecule has 0 bridgehead atoms. The number of hydrogen-bond donors (Lipinski definition) is 0. The van der Waals surface area contributed by atoms with Gasteiger partial charge >= 0.3 is 5.69 Å². The molecule has 0 aliphatic heterocycles. The van der Waals surface area contributed by atoms with Gasteiger partial charge in [0.2, 0.25) is 5.95 Å². The molecule has 0 saturated heterocycles. The summed E-state index contributed by atoms with van der Waals surface area (Å²) in [6.45, 7) is 0. The molecule has 1 aromatic heterocycles. The van der Waals surface area contributed by atoms with Crippen molar-refractivity contribution in [3.63, 3.8) is 0 Å². The predicted octanol–water partition coefficient (Wildman–Crippen LogP) is 2.96. The molecule has 0 aliphatic rings. The lowest BCUT2D eigenvalue weighted by atomic mass is 10.2. The van der Waals surface area contributed by atoms with E-state index in [2.05, 4.69) is 20.9 Å². The van der Waals surface area contributed by atoms with Crippen molar-refractivity contribution in [1.29, 1.82) is 0 Å². The molecule has 0 aromatic carbocycles. The Bertz CT molecular complexity index is 400. The normalized spacial score (nSPS) is 10.7. The van der Waals surface area contributed by atoms with Gasteiger partial charge in [-0.15, -0.1) is 0 Å². The molecule has 0 unspecified atom stereocenters. The van der Waals surface area contributed by atoms with Crippen molar-refractivity contribution in [2.45, 2.75) is 11.8 Å². The van der Waals surface area contributed by atoms with Gasteiger partial charge in [-0.2, -0.15) is 4.39 Å². The van der Waals surface area contributed by atoms with Gasteiger partial charge in [-0.1, -0.05) is 15.9 Å². The molecule has 4 nitrogen and oxygen atoms in total. The van der Waals surface area contributed by atoms with Gasteiger partial charge < -0.3 is 0 Å². The molecule has 8 heteroatoms. The van der Waals surface area contributed by atoms with Crippen LogP contribution in [0, 0.1) is 16.1 Å². The standard InChI is InChI=1S/C7H4BrF3N2O2/c8-2-4-6(13(14)15)3(7(10)11)1-5(9)12-4/h1,7H,2H2. The first-order chi connectivity index (χ1) is 6.97. The molecular formula is C7H4BrF3N2O2. The van der Waals surface area contributed by atoms with E-state index >= 15 is 0 Å². The van der Waals surface area contributed by atoms with Crippen molar-refractivity contribution < 1.29 is 18.1 Å². The number of halogens is 4. The maximum absolute atomic E-state index is 12.7. The van der Waals surface area contributed by atoms with E-state index in [1.807, 2.05) is 0 Å². The van der Waals surface area contributed by atoms with Crippen molar-refractivity contribution in [2.24, 2.45) is 0 Å². The monoisotopic (exact) mass is 284 g/mol. The van der Waals surface area contributed by atoms with E-state index in [1.165, 1.54) is 0 Å². The molecule has 0 radical (unpaired) electrons. The highest BCUT2D eigenvalue weighted by Crippen LogP contribution is 2.32. The van der Waals surface area contributed by atoms with Crippen LogP contribution < -0.4 is 0 Å². The fourth-order valence-corrected chi connectivity index (χ4v) is 1.44. The molecule has 0 aliphatic carbocycles. The van der Waals surface area contributed by atoms with Gasteiger partial charge in [-0.25, -0.2) is 13.8 Å². The highest BCUT2D eigenvalue weighted by molar-refractivity contribution is 9.08. The Morgan fingerprint density at radius 2 is 2.20 bits per heavy atom. The third-order valence-electron chi connectivity index (χ3n) is 1.61. The highest BCUT2D eigenvalue weighted by Gasteiger charge is 2.27. The van der Waals surface area contributed by atoms with Gasteiger partial charge in [0, 0.05) is 6.07 Å². The van der Waals surface area contributed by atoms with Crippen LogP contribution in [0.5, 0.6) is 0 Å². The first kappa shape index (κ1) is 11.9. The summed E-state index contributed by atoms with van der Waals surface area (Å²) in [4.78, 5) is 12.7. The van der Waals surface area contributed by atoms with Crippen LogP contribution in [-0.4, -0.2) is 9.91 Å². The molecule has 82 valence electrons. The molecule has 0 spiro atoms. The third-order valence-corrected chi connectivity index (χ3v) is 2.14. The van der Waals surface area contributed by atoms with Crippen LogP contribution in [0.25, 0.3) is 0 Å². The lowest BCUT2D eigenvalue weighted by molar-refractivity contribution is -0.387. The topological polar surface area (TPSA) is 56.0 Å². The van der Waals surface area contributed by atoms with E-state index in [0.29, 0.717) is 6.07 Å². The summed E-state index contributed by atoms with van der Waals surface area (Å²) in [5.74, 6) is -1.16. The van der Waals surface area contributed by atoms with Crippen molar-refractivity contribution in [3.8, 4) is 0 Å². The van der Waals surface area contributed by atoms with Gasteiger partial charge in [0.25, 0.3) is 6.43 Å². The number of hydrogen-bond acceptors (Lipinski definition) is 3. The lowest BCUT2D eigenvalue weighted by Crippen LogP contribution is -2.04. The van der Waals surface area contributed by atoms with Crippen molar-refractivity contribution in [2.75, 3.05) is 0 Å². The summed E-state index contributed by atoms with van der Waals surface area (Å²) < 4.78 is 37.5. The van der Waals surface area contributed by atoms with E-state index < -0.39 is 28.5 Å². The van der Waals surface area contributed by atoms with E-state index in [0.717, 1.165) is 0 Å². The minimum atomic E-state index is -3.11. The van der Waals surface area contributed by atoms with Crippen LogP contribution in [0.2, 0.25) is 0 Å². The van der Waals surface area contributed by atoms with Crippen molar-refractivity contribution in [1.82, 2.24) is 4.98 Å². The SMILES string of the molecule is O=[N+]([O-])c1c(C(F)F)cc(F)nc1CBr. The summed E-state index contributed by atoms with van der Waals surface area (Å²) in [5.41, 5.74) is -2.15. The molecule has 1 rings (SSSR count). The molecule has 0 saturated carbocycles. The molecule has 1 aromatic rings. The summed E-state index contributed by atoms with van der Waals surface area (Å²) in [6.07, 6.45) is -3.11. The quantitative estimate of drug-likeness (QED) is 0.371. The largest absolute Gasteiger partial charge is 0.300 e. The van der Waals surface area contributed by atoms with Gasteiger partial charge in [-0.05, 0) is 0 Å². The molecule has 0 fully saturated rings. The summed E-state index contributed by atoms with van der Waals surface area (Å²) in [6, 6.07) is 0.370. The Morgan fingerprint density at radius 1 is 1.60 bits per heavy atom.